The maximum Gasteiger partial charge on any atom is 0.329 e. The second-order valence-electron chi connectivity index (χ2n) is 4.70. The van der Waals surface area contributed by atoms with Crippen LogP contribution in [0.3, 0.4) is 0 Å². The summed E-state index contributed by atoms with van der Waals surface area (Å²) in [6.45, 7) is 1.89. The Hall–Kier alpha value is -2.37. The molecule has 5 nitrogen and oxygen atoms in total. The molecule has 0 saturated carbocycles. The van der Waals surface area contributed by atoms with Gasteiger partial charge in [-0.15, -0.1) is 0 Å². The van der Waals surface area contributed by atoms with Gasteiger partial charge in [0.05, 0.1) is 16.3 Å². The van der Waals surface area contributed by atoms with E-state index in [-0.39, 0.29) is 0 Å². The van der Waals surface area contributed by atoms with Crippen molar-refractivity contribution in [3.8, 4) is 0 Å². The molecule has 0 heterocycles. The van der Waals surface area contributed by atoms with Crippen molar-refractivity contribution in [3.63, 3.8) is 0 Å². The van der Waals surface area contributed by atoms with E-state index in [4.69, 9.17) is 23.2 Å². The number of amides is 2. The first kappa shape index (κ1) is 17.0. The molecular formula is C16H13Cl2N3O2. The fourth-order valence-electron chi connectivity index (χ4n) is 1.72. The molecule has 0 atom stereocenters. The molecule has 0 bridgehead atoms. The number of carbonyl (C=O) groups excluding carboxylic acids is 2. The van der Waals surface area contributed by atoms with Crippen LogP contribution in [-0.2, 0) is 9.59 Å². The van der Waals surface area contributed by atoms with Crippen LogP contribution in [0.15, 0.2) is 47.6 Å². The molecular weight excluding hydrogens is 337 g/mol. The van der Waals surface area contributed by atoms with E-state index in [0.29, 0.717) is 21.3 Å². The molecule has 0 aliphatic carbocycles. The molecule has 0 spiro atoms. The van der Waals surface area contributed by atoms with E-state index in [2.05, 4.69) is 15.8 Å². The van der Waals surface area contributed by atoms with Gasteiger partial charge in [-0.05, 0) is 42.3 Å². The SMILES string of the molecule is Cc1cccc(NC(=O)C(=O)N/N=C/c2ccc(Cl)c(Cl)c2)c1. The molecule has 7 heteroatoms. The molecule has 0 radical (unpaired) electrons. The number of nitrogens with one attached hydrogen (secondary N) is 2. The van der Waals surface area contributed by atoms with Crippen molar-refractivity contribution in [2.24, 2.45) is 5.10 Å². The van der Waals surface area contributed by atoms with Crippen LogP contribution < -0.4 is 10.7 Å². The van der Waals surface area contributed by atoms with E-state index in [0.717, 1.165) is 5.56 Å². The maximum absolute atomic E-state index is 11.7. The highest BCUT2D eigenvalue weighted by Crippen LogP contribution is 2.21. The lowest BCUT2D eigenvalue weighted by molar-refractivity contribution is -0.136. The normalized spacial score (nSPS) is 10.6. The number of anilines is 1. The highest BCUT2D eigenvalue weighted by atomic mass is 35.5. The third-order valence-corrected chi connectivity index (χ3v) is 3.54. The molecule has 2 aromatic carbocycles. The Kier molecular flexibility index (Phi) is 5.73. The zero-order valence-corrected chi connectivity index (χ0v) is 13.7. The topological polar surface area (TPSA) is 70.6 Å². The first-order chi connectivity index (χ1) is 11.0. The monoisotopic (exact) mass is 349 g/mol. The Bertz CT molecular complexity index is 776. The minimum atomic E-state index is -0.872. The van der Waals surface area contributed by atoms with E-state index < -0.39 is 11.8 Å². The Balaban J connectivity index is 1.92. The molecule has 2 N–H and O–H groups in total. The predicted octanol–water partition coefficient (Wildman–Crippen LogP) is 3.39. The molecule has 0 aromatic heterocycles. The van der Waals surface area contributed by atoms with E-state index in [1.165, 1.54) is 6.21 Å². The maximum atomic E-state index is 11.7. The number of carbonyl (C=O) groups is 2. The summed E-state index contributed by atoms with van der Waals surface area (Å²) in [5.74, 6) is -1.68. The quantitative estimate of drug-likeness (QED) is 0.506. The first-order valence-electron chi connectivity index (χ1n) is 6.62. The number of benzene rings is 2. The second kappa shape index (κ2) is 7.76. The average Bonchev–Trinajstić information content (AvgIpc) is 2.50. The third-order valence-electron chi connectivity index (χ3n) is 2.81. The Labute approximate surface area is 143 Å². The summed E-state index contributed by atoms with van der Waals surface area (Å²) in [6, 6.07) is 12.0. The van der Waals surface area contributed by atoms with Crippen molar-refractivity contribution in [1.82, 2.24) is 5.43 Å². The lowest BCUT2D eigenvalue weighted by atomic mass is 10.2. The standard InChI is InChI=1S/C16H13Cl2N3O2/c1-10-3-2-4-12(7-10)20-15(22)16(23)21-19-9-11-5-6-13(17)14(18)8-11/h2-9H,1H3,(H,20,22)(H,21,23)/b19-9+. The fourth-order valence-corrected chi connectivity index (χ4v) is 2.03. The van der Waals surface area contributed by atoms with Crippen LogP contribution in [0.2, 0.25) is 10.0 Å². The van der Waals surface area contributed by atoms with Gasteiger partial charge in [-0.25, -0.2) is 5.43 Å². The number of hydrogen-bond donors (Lipinski definition) is 2. The number of hydrogen-bond acceptors (Lipinski definition) is 3. The van der Waals surface area contributed by atoms with Crippen molar-refractivity contribution in [2.45, 2.75) is 6.92 Å². The molecule has 2 amide bonds. The minimum Gasteiger partial charge on any atom is -0.318 e. The number of hydrazone groups is 1. The number of halogens is 2. The molecule has 118 valence electrons. The summed E-state index contributed by atoms with van der Waals surface area (Å²) in [5.41, 5.74) is 4.29. The van der Waals surface area contributed by atoms with Crippen LogP contribution in [0.1, 0.15) is 11.1 Å². The van der Waals surface area contributed by atoms with Gasteiger partial charge in [-0.1, -0.05) is 41.4 Å². The van der Waals surface area contributed by atoms with E-state index >= 15 is 0 Å². The minimum absolute atomic E-state index is 0.374. The van der Waals surface area contributed by atoms with Gasteiger partial charge in [0.15, 0.2) is 0 Å². The second-order valence-corrected chi connectivity index (χ2v) is 5.51. The van der Waals surface area contributed by atoms with E-state index in [9.17, 15) is 9.59 Å². The summed E-state index contributed by atoms with van der Waals surface area (Å²) in [4.78, 5) is 23.4. The van der Waals surface area contributed by atoms with Crippen LogP contribution >= 0.6 is 23.2 Å². The number of nitrogens with zero attached hydrogens (tertiary/aromatic N) is 1. The predicted molar refractivity (Wildman–Crippen MR) is 92.0 cm³/mol. The molecule has 2 aromatic rings. The largest absolute Gasteiger partial charge is 0.329 e. The van der Waals surface area contributed by atoms with Gasteiger partial charge < -0.3 is 5.32 Å². The molecule has 0 unspecified atom stereocenters. The highest BCUT2D eigenvalue weighted by Gasteiger charge is 2.12. The average molecular weight is 350 g/mol. The van der Waals surface area contributed by atoms with Crippen molar-refractivity contribution in [2.75, 3.05) is 5.32 Å². The summed E-state index contributed by atoms with van der Waals surface area (Å²) in [6.07, 6.45) is 1.36. The van der Waals surface area contributed by atoms with Crippen LogP contribution in [0.4, 0.5) is 5.69 Å². The molecule has 0 aliphatic heterocycles. The van der Waals surface area contributed by atoms with Gasteiger partial charge in [-0.3, -0.25) is 9.59 Å². The van der Waals surface area contributed by atoms with Gasteiger partial charge >= 0.3 is 11.8 Å². The van der Waals surface area contributed by atoms with Crippen LogP contribution in [0.25, 0.3) is 0 Å². The smallest absolute Gasteiger partial charge is 0.318 e. The van der Waals surface area contributed by atoms with Crippen LogP contribution in [0.5, 0.6) is 0 Å². The number of aryl methyl sites for hydroxylation is 1. The Morgan fingerprint density at radius 3 is 2.52 bits per heavy atom. The van der Waals surface area contributed by atoms with Gasteiger partial charge in [0, 0.05) is 5.69 Å². The summed E-state index contributed by atoms with van der Waals surface area (Å²) < 4.78 is 0. The van der Waals surface area contributed by atoms with E-state index in [1.807, 2.05) is 13.0 Å². The zero-order chi connectivity index (χ0) is 16.8. The number of rotatable bonds is 3. The van der Waals surface area contributed by atoms with Crippen molar-refractivity contribution >= 4 is 46.9 Å². The molecule has 0 saturated heterocycles. The van der Waals surface area contributed by atoms with Crippen LogP contribution in [0, 0.1) is 6.92 Å². The van der Waals surface area contributed by atoms with Gasteiger partial charge in [-0.2, -0.15) is 5.10 Å². The van der Waals surface area contributed by atoms with Gasteiger partial charge in [0.1, 0.15) is 0 Å². The van der Waals surface area contributed by atoms with E-state index in [1.54, 1.807) is 36.4 Å². The lowest BCUT2D eigenvalue weighted by Crippen LogP contribution is -2.32. The van der Waals surface area contributed by atoms with Gasteiger partial charge in [0.25, 0.3) is 0 Å². The summed E-state index contributed by atoms with van der Waals surface area (Å²) in [5, 5.41) is 6.99. The summed E-state index contributed by atoms with van der Waals surface area (Å²) >= 11 is 11.7. The zero-order valence-electron chi connectivity index (χ0n) is 12.1. The Morgan fingerprint density at radius 1 is 1.04 bits per heavy atom. The molecule has 0 aliphatic rings. The van der Waals surface area contributed by atoms with Crippen LogP contribution in [-0.4, -0.2) is 18.0 Å². The molecule has 23 heavy (non-hydrogen) atoms. The molecule has 0 fully saturated rings. The van der Waals surface area contributed by atoms with Crippen molar-refractivity contribution < 1.29 is 9.59 Å². The first-order valence-corrected chi connectivity index (χ1v) is 7.37. The summed E-state index contributed by atoms with van der Waals surface area (Å²) in [7, 11) is 0. The highest BCUT2D eigenvalue weighted by molar-refractivity contribution is 6.42. The Morgan fingerprint density at radius 2 is 1.83 bits per heavy atom. The van der Waals surface area contributed by atoms with Crippen molar-refractivity contribution in [3.05, 3.63) is 63.6 Å². The fraction of sp³-hybridized carbons (Fsp3) is 0.0625. The third kappa shape index (κ3) is 5.09. The van der Waals surface area contributed by atoms with Crippen molar-refractivity contribution in [1.29, 1.82) is 0 Å². The van der Waals surface area contributed by atoms with Gasteiger partial charge in [0.2, 0.25) is 0 Å². The molecule has 2 rings (SSSR count). The lowest BCUT2D eigenvalue weighted by Gasteiger charge is -2.04.